The Morgan fingerprint density at radius 2 is 1.69 bits per heavy atom. The van der Waals surface area contributed by atoms with Crippen LogP contribution in [0.4, 0.5) is 0 Å². The first-order valence-corrected chi connectivity index (χ1v) is 11.7. The van der Waals surface area contributed by atoms with E-state index >= 15 is 0 Å². The number of carbonyl (C=O) groups is 1. The van der Waals surface area contributed by atoms with Gasteiger partial charge in [-0.15, -0.1) is 0 Å². The highest BCUT2D eigenvalue weighted by molar-refractivity contribution is 6.11. The molecule has 9 heteroatoms. The van der Waals surface area contributed by atoms with Gasteiger partial charge in [-0.05, 0) is 36.1 Å². The summed E-state index contributed by atoms with van der Waals surface area (Å²) in [5.41, 5.74) is 6.62. The number of aromatic nitrogens is 3. The number of carbonyl (C=O) groups excluding carboxylic acids is 1. The van der Waals surface area contributed by atoms with Gasteiger partial charge in [-0.1, -0.05) is 24.3 Å². The maximum Gasteiger partial charge on any atom is 0.279 e. The van der Waals surface area contributed by atoms with E-state index in [1.54, 1.807) is 24.8 Å². The lowest BCUT2D eigenvalue weighted by atomic mass is 10.00. The molecule has 5 rings (SSSR count). The molecule has 1 fully saturated rings. The molecule has 1 aliphatic heterocycles. The number of fused-ring (bicyclic) bond motifs is 1. The first-order valence-electron chi connectivity index (χ1n) is 11.7. The van der Waals surface area contributed by atoms with Gasteiger partial charge in [0, 0.05) is 42.6 Å². The molecule has 4 heterocycles. The van der Waals surface area contributed by atoms with E-state index in [0.717, 1.165) is 29.5 Å². The van der Waals surface area contributed by atoms with Crippen LogP contribution >= 0.6 is 0 Å². The van der Waals surface area contributed by atoms with Crippen molar-refractivity contribution in [2.45, 2.75) is 25.6 Å². The van der Waals surface area contributed by atoms with Gasteiger partial charge in [0.25, 0.3) is 5.91 Å². The first-order chi connectivity index (χ1) is 17.7. The van der Waals surface area contributed by atoms with E-state index in [9.17, 15) is 4.79 Å². The molecule has 36 heavy (non-hydrogen) atoms. The van der Waals surface area contributed by atoms with Gasteiger partial charge in [0.15, 0.2) is 17.8 Å². The normalized spacial score (nSPS) is 15.4. The summed E-state index contributed by atoms with van der Waals surface area (Å²) in [7, 11) is 3.04. The number of rotatable bonds is 7. The van der Waals surface area contributed by atoms with Gasteiger partial charge >= 0.3 is 0 Å². The highest BCUT2D eigenvalue weighted by Gasteiger charge is 2.26. The number of benzene rings is 1. The zero-order valence-corrected chi connectivity index (χ0v) is 20.1. The fourth-order valence-corrected chi connectivity index (χ4v) is 4.24. The summed E-state index contributed by atoms with van der Waals surface area (Å²) < 4.78 is 16.8. The maximum atomic E-state index is 13.4. The second kappa shape index (κ2) is 10.7. The van der Waals surface area contributed by atoms with Crippen LogP contribution < -0.4 is 15.0 Å². The molecule has 0 bridgehead atoms. The summed E-state index contributed by atoms with van der Waals surface area (Å²) in [6.45, 7) is 0.600. The Hall–Kier alpha value is -4.08. The van der Waals surface area contributed by atoms with Crippen LogP contribution in [0.15, 0.2) is 61.2 Å². The minimum absolute atomic E-state index is 0.248. The van der Waals surface area contributed by atoms with Gasteiger partial charge in [0.05, 0.1) is 26.0 Å². The molecule has 184 valence electrons. The van der Waals surface area contributed by atoms with Gasteiger partial charge in [-0.2, -0.15) is 0 Å². The van der Waals surface area contributed by atoms with Crippen LogP contribution in [0.5, 0.6) is 11.5 Å². The Kier molecular flexibility index (Phi) is 7.01. The Morgan fingerprint density at radius 3 is 2.39 bits per heavy atom. The molecule has 0 radical (unpaired) electrons. The van der Waals surface area contributed by atoms with E-state index in [4.69, 9.17) is 24.0 Å². The van der Waals surface area contributed by atoms with E-state index in [-0.39, 0.29) is 5.56 Å². The summed E-state index contributed by atoms with van der Waals surface area (Å²) in [6, 6.07) is 11.7. The van der Waals surface area contributed by atoms with Crippen molar-refractivity contribution >= 4 is 16.8 Å². The van der Waals surface area contributed by atoms with Crippen molar-refractivity contribution in [2.24, 2.45) is 0 Å². The molecule has 9 nitrogen and oxygen atoms in total. The fourth-order valence-electron chi connectivity index (χ4n) is 4.24. The first kappa shape index (κ1) is 23.7. The van der Waals surface area contributed by atoms with E-state index in [2.05, 4.69) is 15.4 Å². The van der Waals surface area contributed by atoms with Gasteiger partial charge in [-0.3, -0.25) is 14.8 Å². The maximum absolute atomic E-state index is 13.4. The molecule has 1 aliphatic rings. The predicted octanol–water partition coefficient (Wildman–Crippen LogP) is 4.56. The molecule has 0 spiro atoms. The molecule has 1 saturated heterocycles. The van der Waals surface area contributed by atoms with E-state index in [1.165, 1.54) is 14.2 Å². The summed E-state index contributed by atoms with van der Waals surface area (Å²) in [5.74, 6) is 0.258. The molecule has 1 N–H and O–H groups in total. The number of hydroxylamine groups is 1. The highest BCUT2D eigenvalue weighted by atomic mass is 16.8. The highest BCUT2D eigenvalue weighted by Crippen LogP contribution is 2.39. The third kappa shape index (κ3) is 4.71. The molecule has 1 aromatic carbocycles. The molecule has 1 unspecified atom stereocenters. The van der Waals surface area contributed by atoms with Crippen LogP contribution in [0.25, 0.3) is 33.3 Å². The average molecular weight is 487 g/mol. The molecule has 3 aromatic heterocycles. The summed E-state index contributed by atoms with van der Waals surface area (Å²) in [5, 5.41) is 0.481. The van der Waals surface area contributed by atoms with Crippen molar-refractivity contribution in [2.75, 3.05) is 20.8 Å². The van der Waals surface area contributed by atoms with Crippen LogP contribution in [-0.2, 0) is 9.57 Å². The number of nitrogens with zero attached hydrogens (tertiary/aromatic N) is 3. The molecule has 0 saturated carbocycles. The number of hydrogen-bond donors (Lipinski definition) is 1. The molecular weight excluding hydrogens is 460 g/mol. The molecule has 1 amide bonds. The zero-order chi connectivity index (χ0) is 24.9. The van der Waals surface area contributed by atoms with Crippen molar-refractivity contribution < 1.29 is 23.8 Å². The Morgan fingerprint density at radius 1 is 0.944 bits per heavy atom. The predicted molar refractivity (Wildman–Crippen MR) is 133 cm³/mol. The number of methoxy groups -OCH3 is 2. The van der Waals surface area contributed by atoms with Crippen molar-refractivity contribution in [3.05, 3.63) is 66.7 Å². The number of nitrogens with one attached hydrogen (secondary N) is 1. The zero-order valence-electron chi connectivity index (χ0n) is 20.1. The van der Waals surface area contributed by atoms with E-state index < -0.39 is 12.2 Å². The SMILES string of the molecule is COc1c(-c2ccc(-c3ccncc3)cc2)nc2c(OC)cncc2c1C(=O)NOC1CCCCO1. The van der Waals surface area contributed by atoms with Gasteiger partial charge < -0.3 is 14.2 Å². The number of amides is 1. The van der Waals surface area contributed by atoms with Crippen LogP contribution in [-0.4, -0.2) is 48.0 Å². The third-order valence-electron chi connectivity index (χ3n) is 6.06. The topological polar surface area (TPSA) is 105 Å². The number of pyridine rings is 3. The quantitative estimate of drug-likeness (QED) is 0.379. The summed E-state index contributed by atoms with van der Waals surface area (Å²) >= 11 is 0. The van der Waals surface area contributed by atoms with Crippen molar-refractivity contribution in [1.29, 1.82) is 0 Å². The van der Waals surface area contributed by atoms with Crippen molar-refractivity contribution in [3.8, 4) is 33.9 Å². The van der Waals surface area contributed by atoms with Crippen LogP contribution in [0.1, 0.15) is 29.6 Å². The second-order valence-corrected chi connectivity index (χ2v) is 8.26. The van der Waals surface area contributed by atoms with Crippen LogP contribution in [0, 0.1) is 0 Å². The third-order valence-corrected chi connectivity index (χ3v) is 6.06. The van der Waals surface area contributed by atoms with Gasteiger partial charge in [0.1, 0.15) is 11.2 Å². The smallest absolute Gasteiger partial charge is 0.279 e. The standard InChI is InChI=1S/C27H26N4O5/c1-33-21-16-29-15-20-23(27(32)31-36-22-5-3-4-14-35-22)26(34-2)24(30-25(20)21)19-8-6-17(7-9-19)18-10-12-28-13-11-18/h6-13,15-16,22H,3-5,14H2,1-2H3,(H,31,32). The monoisotopic (exact) mass is 486 g/mol. The average Bonchev–Trinajstić information content (AvgIpc) is 2.95. The van der Waals surface area contributed by atoms with Gasteiger partial charge in [0.2, 0.25) is 0 Å². The van der Waals surface area contributed by atoms with Crippen LogP contribution in [0.3, 0.4) is 0 Å². The Bertz CT molecular complexity index is 1360. The fraction of sp³-hybridized carbons (Fsp3) is 0.259. The summed E-state index contributed by atoms with van der Waals surface area (Å²) in [6.07, 6.45) is 8.80. The van der Waals surface area contributed by atoms with Gasteiger partial charge in [-0.25, -0.2) is 15.3 Å². The molecule has 1 atom stereocenters. The van der Waals surface area contributed by atoms with E-state index in [1.807, 2.05) is 36.4 Å². The minimum atomic E-state index is -0.491. The Labute approximate surface area is 208 Å². The lowest BCUT2D eigenvalue weighted by Gasteiger charge is -2.23. The lowest BCUT2D eigenvalue weighted by Crippen LogP contribution is -2.33. The van der Waals surface area contributed by atoms with Crippen molar-refractivity contribution in [1.82, 2.24) is 20.4 Å². The molecular formula is C27H26N4O5. The van der Waals surface area contributed by atoms with E-state index in [0.29, 0.717) is 41.1 Å². The minimum Gasteiger partial charge on any atom is -0.494 e. The molecule has 4 aromatic rings. The van der Waals surface area contributed by atoms with Crippen LogP contribution in [0.2, 0.25) is 0 Å². The van der Waals surface area contributed by atoms with Crippen molar-refractivity contribution in [3.63, 3.8) is 0 Å². The summed E-state index contributed by atoms with van der Waals surface area (Å²) in [4.78, 5) is 32.1. The Balaban J connectivity index is 1.58. The number of ether oxygens (including phenoxy) is 3. The lowest BCUT2D eigenvalue weighted by molar-refractivity contribution is -0.186. The second-order valence-electron chi connectivity index (χ2n) is 8.26. The number of hydrogen-bond acceptors (Lipinski definition) is 8. The largest absolute Gasteiger partial charge is 0.494 e. The molecule has 0 aliphatic carbocycles.